The Kier molecular flexibility index (Phi) is 5.55. The summed E-state index contributed by atoms with van der Waals surface area (Å²) in [6.45, 7) is 3.20. The van der Waals surface area contributed by atoms with E-state index in [9.17, 15) is 4.79 Å². The van der Waals surface area contributed by atoms with Crippen molar-refractivity contribution >= 4 is 16.8 Å². The van der Waals surface area contributed by atoms with Crippen LogP contribution in [0.2, 0.25) is 0 Å². The monoisotopic (exact) mass is 426 g/mol. The van der Waals surface area contributed by atoms with Gasteiger partial charge in [-0.25, -0.2) is 0 Å². The van der Waals surface area contributed by atoms with Crippen LogP contribution in [0.4, 0.5) is 0 Å². The fourth-order valence-electron chi connectivity index (χ4n) is 4.54. The number of amides is 1. The Morgan fingerprint density at radius 3 is 2.59 bits per heavy atom. The van der Waals surface area contributed by atoms with Crippen LogP contribution in [0.25, 0.3) is 10.9 Å². The number of aromatic amines is 1. The van der Waals surface area contributed by atoms with Crippen LogP contribution in [-0.4, -0.2) is 35.5 Å². The summed E-state index contributed by atoms with van der Waals surface area (Å²) in [7, 11) is 0. The van der Waals surface area contributed by atoms with Crippen molar-refractivity contribution in [3.8, 4) is 11.5 Å². The zero-order valence-corrected chi connectivity index (χ0v) is 18.1. The third-order valence-electron chi connectivity index (χ3n) is 5.95. The molecular formula is C27H26N2O3. The van der Waals surface area contributed by atoms with E-state index < -0.39 is 0 Å². The molecule has 5 rings (SSSR count). The van der Waals surface area contributed by atoms with Gasteiger partial charge in [0.2, 0.25) is 0 Å². The summed E-state index contributed by atoms with van der Waals surface area (Å²) < 4.78 is 11.5. The first kappa shape index (κ1) is 20.2. The van der Waals surface area contributed by atoms with Crippen LogP contribution in [0.5, 0.6) is 11.5 Å². The van der Waals surface area contributed by atoms with Crippen LogP contribution in [-0.2, 0) is 11.2 Å². The third kappa shape index (κ3) is 3.82. The number of carbonyl (C=O) groups is 1. The van der Waals surface area contributed by atoms with Crippen molar-refractivity contribution in [3.63, 3.8) is 0 Å². The molecule has 0 spiro atoms. The van der Waals surface area contributed by atoms with E-state index in [-0.39, 0.29) is 18.6 Å². The van der Waals surface area contributed by atoms with E-state index in [2.05, 4.69) is 29.2 Å². The second kappa shape index (κ2) is 8.79. The summed E-state index contributed by atoms with van der Waals surface area (Å²) in [4.78, 5) is 18.9. The molecule has 2 heterocycles. The number of carbonyl (C=O) groups excluding carboxylic acids is 1. The normalized spacial score (nSPS) is 15.4. The van der Waals surface area contributed by atoms with Gasteiger partial charge < -0.3 is 19.4 Å². The average molecular weight is 427 g/mol. The summed E-state index contributed by atoms with van der Waals surface area (Å²) in [5.74, 6) is 1.46. The maximum Gasteiger partial charge on any atom is 0.261 e. The number of hydrogen-bond acceptors (Lipinski definition) is 3. The lowest BCUT2D eigenvalue weighted by Gasteiger charge is -2.36. The molecule has 1 aromatic heterocycles. The molecule has 5 heteroatoms. The molecule has 1 aliphatic heterocycles. The molecule has 162 valence electrons. The lowest BCUT2D eigenvalue weighted by molar-refractivity contribution is -0.135. The predicted octanol–water partition coefficient (Wildman–Crippen LogP) is 5.12. The minimum absolute atomic E-state index is 0.00122. The van der Waals surface area contributed by atoms with E-state index in [4.69, 9.17) is 9.47 Å². The quantitative estimate of drug-likeness (QED) is 0.466. The van der Waals surface area contributed by atoms with Gasteiger partial charge in [0.25, 0.3) is 5.91 Å². The summed E-state index contributed by atoms with van der Waals surface area (Å²) in [5, 5.41) is 1.22. The van der Waals surface area contributed by atoms with Crippen molar-refractivity contribution in [2.45, 2.75) is 19.4 Å². The van der Waals surface area contributed by atoms with Gasteiger partial charge in [-0.15, -0.1) is 0 Å². The van der Waals surface area contributed by atoms with Crippen molar-refractivity contribution in [1.82, 2.24) is 9.88 Å². The van der Waals surface area contributed by atoms with Gasteiger partial charge in [-0.05, 0) is 54.8 Å². The van der Waals surface area contributed by atoms with Gasteiger partial charge in [0.1, 0.15) is 11.5 Å². The SMILES string of the molecule is CCOc1cccc([C@@H]2c3[nH]c4ccccc4c3CCN2C(=O)COc2ccccc2)c1. The molecule has 32 heavy (non-hydrogen) atoms. The van der Waals surface area contributed by atoms with E-state index in [1.807, 2.05) is 66.4 Å². The number of rotatable bonds is 6. The second-order valence-corrected chi connectivity index (χ2v) is 7.91. The fraction of sp³-hybridized carbons (Fsp3) is 0.222. The Bertz CT molecular complexity index is 1230. The van der Waals surface area contributed by atoms with Gasteiger partial charge in [-0.3, -0.25) is 4.79 Å². The molecule has 0 aliphatic carbocycles. The van der Waals surface area contributed by atoms with Gasteiger partial charge in [0.15, 0.2) is 6.61 Å². The molecule has 3 aromatic carbocycles. The molecule has 0 saturated carbocycles. The highest BCUT2D eigenvalue weighted by atomic mass is 16.5. The highest BCUT2D eigenvalue weighted by molar-refractivity contribution is 5.87. The number of hydrogen-bond donors (Lipinski definition) is 1. The van der Waals surface area contributed by atoms with Crippen LogP contribution in [0, 0.1) is 0 Å². The summed E-state index contributed by atoms with van der Waals surface area (Å²) in [6.07, 6.45) is 0.804. The molecule has 0 fully saturated rings. The van der Waals surface area contributed by atoms with Gasteiger partial charge in [-0.1, -0.05) is 48.5 Å². The molecule has 1 amide bonds. The van der Waals surface area contributed by atoms with Crippen LogP contribution in [0.3, 0.4) is 0 Å². The largest absolute Gasteiger partial charge is 0.494 e. The Morgan fingerprint density at radius 1 is 0.969 bits per heavy atom. The van der Waals surface area contributed by atoms with Crippen LogP contribution in [0.15, 0.2) is 78.9 Å². The van der Waals surface area contributed by atoms with Gasteiger partial charge in [-0.2, -0.15) is 0 Å². The van der Waals surface area contributed by atoms with Crippen LogP contribution >= 0.6 is 0 Å². The summed E-state index contributed by atoms with van der Waals surface area (Å²) in [6, 6.07) is 25.6. The first-order valence-corrected chi connectivity index (χ1v) is 11.0. The van der Waals surface area contributed by atoms with Gasteiger partial charge in [0, 0.05) is 23.1 Å². The maximum atomic E-state index is 13.3. The Balaban J connectivity index is 1.52. The number of para-hydroxylation sites is 2. The van der Waals surface area contributed by atoms with Crippen molar-refractivity contribution in [1.29, 1.82) is 0 Å². The number of benzene rings is 3. The van der Waals surface area contributed by atoms with Gasteiger partial charge >= 0.3 is 0 Å². The zero-order valence-electron chi connectivity index (χ0n) is 18.1. The Labute approximate surface area is 187 Å². The maximum absolute atomic E-state index is 13.3. The standard InChI is InChI=1S/C27H26N2O3/c1-2-31-21-12-8-9-19(17-21)27-26-23(22-13-6-7-14-24(22)28-26)15-16-29(27)25(30)18-32-20-10-4-3-5-11-20/h3-14,17,27-28H,2,15-16,18H2,1H3/t27-/m1/s1. The molecule has 0 saturated heterocycles. The number of nitrogens with zero attached hydrogens (tertiary/aromatic N) is 1. The minimum atomic E-state index is -0.224. The Hall–Kier alpha value is -3.73. The second-order valence-electron chi connectivity index (χ2n) is 7.91. The molecule has 1 N–H and O–H groups in total. The number of H-pyrrole nitrogens is 1. The Morgan fingerprint density at radius 2 is 1.75 bits per heavy atom. The highest BCUT2D eigenvalue weighted by Gasteiger charge is 2.34. The van der Waals surface area contributed by atoms with E-state index in [0.717, 1.165) is 28.9 Å². The van der Waals surface area contributed by atoms with Crippen molar-refractivity contribution in [3.05, 3.63) is 95.7 Å². The first-order chi connectivity index (χ1) is 15.7. The van der Waals surface area contributed by atoms with Crippen molar-refractivity contribution in [2.75, 3.05) is 19.8 Å². The minimum Gasteiger partial charge on any atom is -0.494 e. The predicted molar refractivity (Wildman–Crippen MR) is 125 cm³/mol. The molecule has 0 unspecified atom stereocenters. The molecule has 4 aromatic rings. The molecule has 5 nitrogen and oxygen atoms in total. The van der Waals surface area contributed by atoms with Gasteiger partial charge in [0.05, 0.1) is 12.6 Å². The number of aromatic nitrogens is 1. The number of ether oxygens (including phenoxy) is 2. The molecule has 1 aliphatic rings. The lowest BCUT2D eigenvalue weighted by Crippen LogP contribution is -2.42. The highest BCUT2D eigenvalue weighted by Crippen LogP contribution is 2.39. The number of fused-ring (bicyclic) bond motifs is 3. The zero-order chi connectivity index (χ0) is 21.9. The average Bonchev–Trinajstić information content (AvgIpc) is 3.22. The summed E-state index contributed by atoms with van der Waals surface area (Å²) in [5.41, 5.74) is 4.47. The van der Waals surface area contributed by atoms with Crippen molar-refractivity contribution < 1.29 is 14.3 Å². The molecule has 0 radical (unpaired) electrons. The van der Waals surface area contributed by atoms with Crippen LogP contribution in [0.1, 0.15) is 29.8 Å². The summed E-state index contributed by atoms with van der Waals surface area (Å²) >= 11 is 0. The first-order valence-electron chi connectivity index (χ1n) is 11.0. The van der Waals surface area contributed by atoms with E-state index in [1.165, 1.54) is 10.9 Å². The van der Waals surface area contributed by atoms with E-state index >= 15 is 0 Å². The number of nitrogens with one attached hydrogen (secondary N) is 1. The van der Waals surface area contributed by atoms with E-state index in [1.54, 1.807) is 0 Å². The lowest BCUT2D eigenvalue weighted by atomic mass is 9.92. The molecule has 0 bridgehead atoms. The third-order valence-corrected chi connectivity index (χ3v) is 5.95. The van der Waals surface area contributed by atoms with Crippen molar-refractivity contribution in [2.24, 2.45) is 0 Å². The van der Waals surface area contributed by atoms with E-state index in [0.29, 0.717) is 18.9 Å². The smallest absolute Gasteiger partial charge is 0.261 e. The topological polar surface area (TPSA) is 54.6 Å². The fourth-order valence-corrected chi connectivity index (χ4v) is 4.54. The molecule has 1 atom stereocenters. The molecular weight excluding hydrogens is 400 g/mol. The van der Waals surface area contributed by atoms with Crippen LogP contribution < -0.4 is 9.47 Å².